The van der Waals surface area contributed by atoms with Crippen LogP contribution in [0.5, 0.6) is 5.75 Å². The highest BCUT2D eigenvalue weighted by molar-refractivity contribution is 5.93. The Bertz CT molecular complexity index is 924. The summed E-state index contributed by atoms with van der Waals surface area (Å²) in [6, 6.07) is 10.1. The van der Waals surface area contributed by atoms with Crippen LogP contribution in [-0.4, -0.2) is 61.4 Å². The fourth-order valence-electron chi connectivity index (χ4n) is 3.12. The SMILES string of the molecule is COc1ccc(/C=C/C(=O)N2CCN(CC(=O)Nc3ccc(F)cc3)CC2)cc1F. The summed E-state index contributed by atoms with van der Waals surface area (Å²) in [5.41, 5.74) is 1.10. The van der Waals surface area contributed by atoms with Crippen molar-refractivity contribution < 1.29 is 23.1 Å². The lowest BCUT2D eigenvalue weighted by molar-refractivity contribution is -0.127. The van der Waals surface area contributed by atoms with Gasteiger partial charge < -0.3 is 15.0 Å². The van der Waals surface area contributed by atoms with E-state index in [1.807, 2.05) is 4.90 Å². The van der Waals surface area contributed by atoms with E-state index < -0.39 is 5.82 Å². The summed E-state index contributed by atoms with van der Waals surface area (Å²) in [5, 5.41) is 2.72. The lowest BCUT2D eigenvalue weighted by Crippen LogP contribution is -2.50. The van der Waals surface area contributed by atoms with Crippen molar-refractivity contribution in [2.45, 2.75) is 0 Å². The Labute approximate surface area is 173 Å². The Balaban J connectivity index is 1.45. The van der Waals surface area contributed by atoms with E-state index in [1.165, 1.54) is 49.6 Å². The first kappa shape index (κ1) is 21.4. The summed E-state index contributed by atoms with van der Waals surface area (Å²) >= 11 is 0. The number of rotatable bonds is 6. The Morgan fingerprint density at radius 1 is 1.07 bits per heavy atom. The number of carbonyl (C=O) groups is 2. The molecule has 0 unspecified atom stereocenters. The van der Waals surface area contributed by atoms with Crippen molar-refractivity contribution in [2.24, 2.45) is 0 Å². The first-order valence-corrected chi connectivity index (χ1v) is 9.53. The molecule has 3 rings (SSSR count). The molecule has 2 amide bonds. The summed E-state index contributed by atoms with van der Waals surface area (Å²) < 4.78 is 31.5. The van der Waals surface area contributed by atoms with E-state index in [0.717, 1.165) is 0 Å². The van der Waals surface area contributed by atoms with Gasteiger partial charge in [0.05, 0.1) is 13.7 Å². The smallest absolute Gasteiger partial charge is 0.246 e. The Kier molecular flexibility index (Phi) is 7.13. The molecule has 1 saturated heterocycles. The Morgan fingerprint density at radius 3 is 2.40 bits per heavy atom. The number of anilines is 1. The summed E-state index contributed by atoms with van der Waals surface area (Å²) in [4.78, 5) is 28.1. The molecule has 0 saturated carbocycles. The third-order valence-electron chi connectivity index (χ3n) is 4.77. The van der Waals surface area contributed by atoms with Crippen molar-refractivity contribution in [3.63, 3.8) is 0 Å². The van der Waals surface area contributed by atoms with Crippen LogP contribution in [0.3, 0.4) is 0 Å². The molecule has 30 heavy (non-hydrogen) atoms. The molecule has 0 bridgehead atoms. The van der Waals surface area contributed by atoms with Crippen LogP contribution in [0, 0.1) is 11.6 Å². The van der Waals surface area contributed by atoms with Crippen molar-refractivity contribution in [2.75, 3.05) is 45.2 Å². The van der Waals surface area contributed by atoms with Crippen LogP contribution < -0.4 is 10.1 Å². The highest BCUT2D eigenvalue weighted by atomic mass is 19.1. The Hall–Kier alpha value is -3.26. The number of amides is 2. The summed E-state index contributed by atoms with van der Waals surface area (Å²) in [6.07, 6.45) is 2.98. The van der Waals surface area contributed by atoms with Crippen LogP contribution in [-0.2, 0) is 9.59 Å². The van der Waals surface area contributed by atoms with E-state index in [0.29, 0.717) is 37.4 Å². The number of benzene rings is 2. The number of ether oxygens (including phenoxy) is 1. The average molecular weight is 415 g/mol. The van der Waals surface area contributed by atoms with Gasteiger partial charge in [-0.2, -0.15) is 0 Å². The van der Waals surface area contributed by atoms with Gasteiger partial charge in [-0.25, -0.2) is 8.78 Å². The molecule has 0 aromatic heterocycles. The predicted molar refractivity (Wildman–Crippen MR) is 110 cm³/mol. The average Bonchev–Trinajstić information content (AvgIpc) is 2.74. The van der Waals surface area contributed by atoms with Crippen LogP contribution in [0.1, 0.15) is 5.56 Å². The van der Waals surface area contributed by atoms with E-state index in [-0.39, 0.29) is 29.9 Å². The highest BCUT2D eigenvalue weighted by Gasteiger charge is 2.21. The van der Waals surface area contributed by atoms with Gasteiger partial charge in [-0.1, -0.05) is 6.07 Å². The maximum absolute atomic E-state index is 13.7. The second-order valence-electron chi connectivity index (χ2n) is 6.88. The number of piperazine rings is 1. The zero-order valence-electron chi connectivity index (χ0n) is 16.6. The van der Waals surface area contributed by atoms with E-state index in [2.05, 4.69) is 5.32 Å². The van der Waals surface area contributed by atoms with Crippen LogP contribution in [0.2, 0.25) is 0 Å². The van der Waals surface area contributed by atoms with Gasteiger partial charge in [0.15, 0.2) is 11.6 Å². The number of carbonyl (C=O) groups excluding carboxylic acids is 2. The van der Waals surface area contributed by atoms with Gasteiger partial charge in [0.2, 0.25) is 11.8 Å². The van der Waals surface area contributed by atoms with Crippen molar-refractivity contribution >= 4 is 23.6 Å². The molecular formula is C22H23F2N3O3. The van der Waals surface area contributed by atoms with Crippen molar-refractivity contribution in [3.8, 4) is 5.75 Å². The number of nitrogens with one attached hydrogen (secondary N) is 1. The quantitative estimate of drug-likeness (QED) is 0.737. The van der Waals surface area contributed by atoms with Gasteiger partial charge in [0.1, 0.15) is 5.82 Å². The molecule has 2 aromatic rings. The van der Waals surface area contributed by atoms with Crippen LogP contribution in [0.25, 0.3) is 6.08 Å². The van der Waals surface area contributed by atoms with E-state index in [9.17, 15) is 18.4 Å². The standard InChI is InChI=1S/C22H23F2N3O3/c1-30-20-8-2-16(14-19(20)24)3-9-22(29)27-12-10-26(11-13-27)15-21(28)25-18-6-4-17(23)5-7-18/h2-9,14H,10-13,15H2,1H3,(H,25,28)/b9-3+. The molecule has 1 heterocycles. The topological polar surface area (TPSA) is 61.9 Å². The highest BCUT2D eigenvalue weighted by Crippen LogP contribution is 2.18. The fraction of sp³-hybridized carbons (Fsp3) is 0.273. The zero-order chi connectivity index (χ0) is 21.5. The number of methoxy groups -OCH3 is 1. The predicted octanol–water partition coefficient (Wildman–Crippen LogP) is 2.77. The molecule has 8 heteroatoms. The third-order valence-corrected chi connectivity index (χ3v) is 4.77. The van der Waals surface area contributed by atoms with Gasteiger partial charge in [-0.3, -0.25) is 14.5 Å². The monoisotopic (exact) mass is 415 g/mol. The summed E-state index contributed by atoms with van der Waals surface area (Å²) in [7, 11) is 1.39. The molecule has 158 valence electrons. The lowest BCUT2D eigenvalue weighted by Gasteiger charge is -2.33. The first-order valence-electron chi connectivity index (χ1n) is 9.53. The maximum Gasteiger partial charge on any atom is 0.246 e. The summed E-state index contributed by atoms with van der Waals surface area (Å²) in [6.45, 7) is 2.30. The molecule has 0 radical (unpaired) electrons. The molecule has 1 aliphatic rings. The zero-order valence-corrected chi connectivity index (χ0v) is 16.6. The van der Waals surface area contributed by atoms with Crippen molar-refractivity contribution in [3.05, 3.63) is 65.7 Å². The fourth-order valence-corrected chi connectivity index (χ4v) is 3.12. The molecule has 0 aliphatic carbocycles. The van der Waals surface area contributed by atoms with Gasteiger partial charge in [0, 0.05) is 37.9 Å². The molecule has 1 N–H and O–H groups in total. The van der Waals surface area contributed by atoms with Gasteiger partial charge in [-0.05, 0) is 48.0 Å². The largest absolute Gasteiger partial charge is 0.494 e. The maximum atomic E-state index is 13.7. The van der Waals surface area contributed by atoms with Crippen LogP contribution in [0.4, 0.5) is 14.5 Å². The minimum Gasteiger partial charge on any atom is -0.494 e. The van der Waals surface area contributed by atoms with E-state index >= 15 is 0 Å². The summed E-state index contributed by atoms with van der Waals surface area (Å²) in [5.74, 6) is -1.05. The van der Waals surface area contributed by atoms with Gasteiger partial charge >= 0.3 is 0 Å². The normalized spacial score (nSPS) is 14.7. The number of nitrogens with zero attached hydrogens (tertiary/aromatic N) is 2. The second-order valence-corrected chi connectivity index (χ2v) is 6.88. The van der Waals surface area contributed by atoms with Crippen LogP contribution in [0.15, 0.2) is 48.5 Å². The molecule has 1 aliphatic heterocycles. The van der Waals surface area contributed by atoms with E-state index in [1.54, 1.807) is 17.0 Å². The molecule has 6 nitrogen and oxygen atoms in total. The van der Waals surface area contributed by atoms with Crippen molar-refractivity contribution in [1.29, 1.82) is 0 Å². The van der Waals surface area contributed by atoms with Gasteiger partial charge in [-0.15, -0.1) is 0 Å². The molecule has 0 spiro atoms. The minimum absolute atomic E-state index is 0.151. The van der Waals surface area contributed by atoms with Crippen LogP contribution >= 0.6 is 0 Å². The molecule has 1 fully saturated rings. The number of halogens is 2. The number of hydrogen-bond acceptors (Lipinski definition) is 4. The number of hydrogen-bond donors (Lipinski definition) is 1. The van der Waals surface area contributed by atoms with Crippen molar-refractivity contribution in [1.82, 2.24) is 9.80 Å². The minimum atomic E-state index is -0.486. The second kappa shape index (κ2) is 9.98. The van der Waals surface area contributed by atoms with E-state index in [4.69, 9.17) is 4.74 Å². The molecule has 2 aromatic carbocycles. The third kappa shape index (κ3) is 5.87. The lowest BCUT2D eigenvalue weighted by atomic mass is 10.2. The first-order chi connectivity index (χ1) is 14.4. The molecule has 0 atom stereocenters. The Morgan fingerprint density at radius 2 is 1.77 bits per heavy atom. The van der Waals surface area contributed by atoms with Gasteiger partial charge in [0.25, 0.3) is 0 Å². The molecular weight excluding hydrogens is 392 g/mol.